The van der Waals surface area contributed by atoms with E-state index in [2.05, 4.69) is 62.2 Å². The van der Waals surface area contributed by atoms with Crippen LogP contribution in [0.25, 0.3) is 17.2 Å². The first-order valence-electron chi connectivity index (χ1n) is 12.8. The van der Waals surface area contributed by atoms with E-state index in [4.69, 9.17) is 15.2 Å². The van der Waals surface area contributed by atoms with E-state index in [1.807, 2.05) is 30.3 Å². The van der Waals surface area contributed by atoms with E-state index in [0.717, 1.165) is 29.7 Å². The van der Waals surface area contributed by atoms with Crippen LogP contribution in [0.5, 0.6) is 5.75 Å². The molecule has 3 aromatic rings. The van der Waals surface area contributed by atoms with Crippen LogP contribution in [-0.4, -0.2) is 24.3 Å². The summed E-state index contributed by atoms with van der Waals surface area (Å²) in [5, 5.41) is 20.6. The van der Waals surface area contributed by atoms with E-state index in [0.29, 0.717) is 41.0 Å². The molecule has 6 nitrogen and oxygen atoms in total. The first kappa shape index (κ1) is 27.3. The third kappa shape index (κ3) is 6.19. The fraction of sp³-hybridized carbons (Fsp3) is 0.323. The highest BCUT2D eigenvalue weighted by Crippen LogP contribution is 2.38. The summed E-state index contributed by atoms with van der Waals surface area (Å²) in [6.07, 6.45) is 6.41. The smallest absolute Gasteiger partial charge is 0.143 e. The van der Waals surface area contributed by atoms with E-state index in [-0.39, 0.29) is 17.5 Å². The summed E-state index contributed by atoms with van der Waals surface area (Å²) < 4.78 is 11.4. The van der Waals surface area contributed by atoms with Crippen LogP contribution in [0, 0.1) is 35.5 Å². The Bertz CT molecular complexity index is 1400. The Morgan fingerprint density at radius 1 is 1.18 bits per heavy atom. The van der Waals surface area contributed by atoms with Gasteiger partial charge in [-0.25, -0.2) is 4.98 Å². The first-order chi connectivity index (χ1) is 18.4. The molecule has 1 aliphatic heterocycles. The van der Waals surface area contributed by atoms with Crippen molar-refractivity contribution in [3.05, 3.63) is 76.4 Å². The van der Waals surface area contributed by atoms with E-state index in [9.17, 15) is 10.5 Å². The second kappa shape index (κ2) is 12.6. The van der Waals surface area contributed by atoms with E-state index in [1.165, 1.54) is 22.9 Å². The zero-order valence-electron chi connectivity index (χ0n) is 22.0. The van der Waals surface area contributed by atoms with Crippen LogP contribution in [0.2, 0.25) is 0 Å². The Morgan fingerprint density at radius 3 is 2.61 bits per heavy atom. The van der Waals surface area contributed by atoms with Crippen molar-refractivity contribution in [3.63, 3.8) is 0 Å². The second-order valence-corrected chi connectivity index (χ2v) is 10.4. The highest BCUT2D eigenvalue weighted by atomic mass is 32.2. The number of aromatic nitrogens is 1. The molecule has 0 bridgehead atoms. The third-order valence-corrected chi connectivity index (χ3v) is 7.79. The summed E-state index contributed by atoms with van der Waals surface area (Å²) in [5.41, 5.74) is 11.6. The maximum atomic E-state index is 10.2. The molecule has 0 amide bonds. The Labute approximate surface area is 229 Å². The van der Waals surface area contributed by atoms with Crippen LogP contribution in [0.4, 0.5) is 5.82 Å². The zero-order valence-corrected chi connectivity index (χ0v) is 22.8. The van der Waals surface area contributed by atoms with Crippen LogP contribution >= 0.6 is 11.8 Å². The van der Waals surface area contributed by atoms with Gasteiger partial charge in [0.2, 0.25) is 0 Å². The van der Waals surface area contributed by atoms with Gasteiger partial charge in [-0.2, -0.15) is 10.5 Å². The molecule has 1 aromatic heterocycles. The average Bonchev–Trinajstić information content (AvgIpc) is 3.44. The number of nitrogen functional groups attached to an aromatic ring is 1. The number of hydrogen-bond acceptors (Lipinski definition) is 7. The van der Waals surface area contributed by atoms with Crippen molar-refractivity contribution in [1.29, 1.82) is 10.5 Å². The molecule has 2 heterocycles. The van der Waals surface area contributed by atoms with E-state index in [1.54, 1.807) is 0 Å². The van der Waals surface area contributed by atoms with E-state index < -0.39 is 0 Å². The number of allylic oxidation sites excluding steroid dienone is 1. The van der Waals surface area contributed by atoms with Gasteiger partial charge in [-0.1, -0.05) is 62.8 Å². The number of pyridine rings is 1. The number of ether oxygens (including phenoxy) is 2. The van der Waals surface area contributed by atoms with Gasteiger partial charge in [0.1, 0.15) is 40.4 Å². The van der Waals surface area contributed by atoms with E-state index >= 15 is 0 Å². The predicted molar refractivity (Wildman–Crippen MR) is 153 cm³/mol. The highest BCUT2D eigenvalue weighted by Gasteiger charge is 2.22. The molecule has 7 heteroatoms. The summed E-state index contributed by atoms with van der Waals surface area (Å²) in [7, 11) is 0. The molecule has 0 spiro atoms. The lowest BCUT2D eigenvalue weighted by atomic mass is 9.97. The highest BCUT2D eigenvalue weighted by molar-refractivity contribution is 7.98. The predicted octanol–water partition coefficient (Wildman–Crippen LogP) is 6.90. The minimum absolute atomic E-state index is 0.0382. The number of nitrogens with zero attached hydrogens (tertiary/aromatic N) is 3. The largest absolute Gasteiger partial charge is 0.488 e. The van der Waals surface area contributed by atoms with Gasteiger partial charge in [0, 0.05) is 17.7 Å². The topological polar surface area (TPSA) is 105 Å². The summed E-state index contributed by atoms with van der Waals surface area (Å²) in [6, 6.07) is 18.1. The molecule has 1 aliphatic rings. The molecule has 0 aliphatic carbocycles. The zero-order chi connectivity index (χ0) is 27.1. The molecular formula is C31H32N4O2S. The van der Waals surface area contributed by atoms with Crippen LogP contribution < -0.4 is 10.5 Å². The van der Waals surface area contributed by atoms with Gasteiger partial charge >= 0.3 is 0 Å². The molecule has 1 saturated heterocycles. The monoisotopic (exact) mass is 524 g/mol. The van der Waals surface area contributed by atoms with Gasteiger partial charge < -0.3 is 15.2 Å². The minimum Gasteiger partial charge on any atom is -0.488 e. The quantitative estimate of drug-likeness (QED) is 0.303. The van der Waals surface area contributed by atoms with Gasteiger partial charge in [-0.15, -0.1) is 11.8 Å². The SMILES string of the molecule is CCC(C)/C=C\c1c(C)cccc1CSc1nc(N)c(C#N)c(-c2ccc(OC3CCOC3)cc2)c1C#N. The Balaban J connectivity index is 1.66. The molecule has 4 rings (SSSR count). The Hall–Kier alpha value is -3.78. The lowest BCUT2D eigenvalue weighted by molar-refractivity contribution is 0.141. The maximum absolute atomic E-state index is 10.2. The number of benzene rings is 2. The van der Waals surface area contributed by atoms with Crippen LogP contribution in [0.15, 0.2) is 53.6 Å². The molecule has 1 fully saturated rings. The van der Waals surface area contributed by atoms with Crippen molar-refractivity contribution in [1.82, 2.24) is 4.98 Å². The Morgan fingerprint density at radius 2 is 1.95 bits per heavy atom. The van der Waals surface area contributed by atoms with Crippen LogP contribution in [-0.2, 0) is 10.5 Å². The second-order valence-electron chi connectivity index (χ2n) is 9.46. The summed E-state index contributed by atoms with van der Waals surface area (Å²) in [5.74, 6) is 1.94. The fourth-order valence-corrected chi connectivity index (χ4v) is 5.34. The van der Waals surface area contributed by atoms with Gasteiger partial charge in [-0.05, 0) is 47.2 Å². The molecule has 38 heavy (non-hydrogen) atoms. The number of rotatable bonds is 9. The summed E-state index contributed by atoms with van der Waals surface area (Å²) >= 11 is 1.46. The van der Waals surface area contributed by atoms with Crippen LogP contribution in [0.1, 0.15) is 54.5 Å². The first-order valence-corrected chi connectivity index (χ1v) is 13.8. The van der Waals surface area contributed by atoms with Gasteiger partial charge in [0.15, 0.2) is 0 Å². The van der Waals surface area contributed by atoms with Crippen molar-refractivity contribution in [2.45, 2.75) is 50.5 Å². The van der Waals surface area contributed by atoms with Crippen molar-refractivity contribution in [2.24, 2.45) is 5.92 Å². The molecule has 2 aromatic carbocycles. The lowest BCUT2D eigenvalue weighted by Gasteiger charge is -2.15. The van der Waals surface area contributed by atoms with Crippen molar-refractivity contribution >= 4 is 23.7 Å². The van der Waals surface area contributed by atoms with Crippen molar-refractivity contribution in [2.75, 3.05) is 18.9 Å². The van der Waals surface area contributed by atoms with Crippen LogP contribution in [0.3, 0.4) is 0 Å². The standard InChI is InChI=1S/C31H32N4O2S/c1-4-20(2)8-13-26-21(3)6-5-7-23(26)19-38-31-28(17-33)29(27(16-32)30(34)35-31)22-9-11-24(12-10-22)37-25-14-15-36-18-25/h5-13,20,25H,4,14-15,18-19H2,1-3H3,(H2,34,35)/b13-8-. The number of hydrogen-bond donors (Lipinski definition) is 1. The fourth-order valence-electron chi connectivity index (χ4n) is 4.34. The Kier molecular flexibility index (Phi) is 9.07. The van der Waals surface area contributed by atoms with Gasteiger partial charge in [-0.3, -0.25) is 0 Å². The number of nitriles is 2. The van der Waals surface area contributed by atoms with Gasteiger partial charge in [0.25, 0.3) is 0 Å². The van der Waals surface area contributed by atoms with Crippen molar-refractivity contribution < 1.29 is 9.47 Å². The molecule has 2 unspecified atom stereocenters. The number of thioether (sulfide) groups is 1. The number of anilines is 1. The minimum atomic E-state index is 0.0382. The molecule has 0 radical (unpaired) electrons. The maximum Gasteiger partial charge on any atom is 0.143 e. The normalized spacial score (nSPS) is 15.8. The van der Waals surface area contributed by atoms with Gasteiger partial charge in [0.05, 0.1) is 18.8 Å². The molecule has 2 atom stereocenters. The third-order valence-electron chi connectivity index (χ3n) is 6.76. The number of aryl methyl sites for hydroxylation is 1. The summed E-state index contributed by atoms with van der Waals surface area (Å²) in [4.78, 5) is 4.48. The molecule has 194 valence electrons. The average molecular weight is 525 g/mol. The number of nitrogens with two attached hydrogens (primary N) is 1. The molecule has 0 saturated carbocycles. The lowest BCUT2D eigenvalue weighted by Crippen LogP contribution is -2.15. The molecular weight excluding hydrogens is 492 g/mol. The summed E-state index contributed by atoms with van der Waals surface area (Å²) in [6.45, 7) is 7.77. The van der Waals surface area contributed by atoms with Crippen molar-refractivity contribution in [3.8, 4) is 29.0 Å². The molecule has 2 N–H and O–H groups in total.